The fraction of sp³-hybridized carbons (Fsp3) is 0.190. The van der Waals surface area contributed by atoms with Crippen molar-refractivity contribution >= 4 is 33.2 Å². The number of hydrogen-bond acceptors (Lipinski definition) is 5. The van der Waals surface area contributed by atoms with Crippen LogP contribution in [0.1, 0.15) is 12.6 Å². The summed E-state index contributed by atoms with van der Waals surface area (Å²) in [7, 11) is -2.54. The average molecular weight is 442 g/mol. The molecule has 0 spiro atoms. The van der Waals surface area contributed by atoms with E-state index in [1.54, 1.807) is 29.1 Å². The van der Waals surface area contributed by atoms with Crippen LogP contribution in [0.3, 0.4) is 0 Å². The number of amides is 2. The number of likely N-dealkylation sites (N-methyl/N-ethyl adjacent to an activating group) is 1. The first kappa shape index (κ1) is 22.2. The number of benzene rings is 2. The largest absolute Gasteiger partial charge is 0.326 e. The summed E-state index contributed by atoms with van der Waals surface area (Å²) < 4.78 is 28.2. The van der Waals surface area contributed by atoms with Gasteiger partial charge in [-0.3, -0.25) is 9.59 Å². The zero-order valence-electron chi connectivity index (χ0n) is 17.4. The number of carbonyl (C=O) groups excluding carboxylic acids is 2. The molecule has 1 heterocycles. The molecule has 0 atom stereocenters. The SMILES string of the molecule is CC(=O)Nc1ccc(S(=O)(=O)N(C)CC(=O)Nc2cccc(-n3nccc3C)c2)cc1. The van der Waals surface area contributed by atoms with E-state index in [2.05, 4.69) is 15.7 Å². The second-order valence-corrected chi connectivity index (χ2v) is 8.99. The van der Waals surface area contributed by atoms with Crippen molar-refractivity contribution in [1.82, 2.24) is 14.1 Å². The van der Waals surface area contributed by atoms with Gasteiger partial charge in [0.15, 0.2) is 0 Å². The molecule has 0 aliphatic carbocycles. The van der Waals surface area contributed by atoms with E-state index >= 15 is 0 Å². The Balaban J connectivity index is 1.67. The van der Waals surface area contributed by atoms with Crippen LogP contribution in [0.2, 0.25) is 0 Å². The number of nitrogens with zero attached hydrogens (tertiary/aromatic N) is 3. The molecule has 0 unspecified atom stereocenters. The average Bonchev–Trinajstić information content (AvgIpc) is 3.14. The predicted octanol–water partition coefficient (Wildman–Crippen LogP) is 2.40. The Bertz CT molecular complexity index is 1200. The van der Waals surface area contributed by atoms with Crippen LogP contribution >= 0.6 is 0 Å². The zero-order chi connectivity index (χ0) is 22.6. The first-order valence-corrected chi connectivity index (χ1v) is 10.9. The van der Waals surface area contributed by atoms with Crippen molar-refractivity contribution in [1.29, 1.82) is 0 Å². The summed E-state index contributed by atoms with van der Waals surface area (Å²) in [5, 5.41) is 9.52. The zero-order valence-corrected chi connectivity index (χ0v) is 18.2. The summed E-state index contributed by atoms with van der Waals surface area (Å²) >= 11 is 0. The molecule has 0 radical (unpaired) electrons. The van der Waals surface area contributed by atoms with Crippen molar-refractivity contribution in [3.05, 3.63) is 66.5 Å². The molecule has 2 N–H and O–H groups in total. The first-order chi connectivity index (χ1) is 14.7. The molecule has 0 aliphatic heterocycles. The molecule has 3 rings (SSSR count). The van der Waals surface area contributed by atoms with Crippen molar-refractivity contribution < 1.29 is 18.0 Å². The van der Waals surface area contributed by atoms with Crippen molar-refractivity contribution in [2.45, 2.75) is 18.7 Å². The first-order valence-electron chi connectivity index (χ1n) is 9.42. The van der Waals surface area contributed by atoms with Gasteiger partial charge in [-0.25, -0.2) is 13.1 Å². The molecular weight excluding hydrogens is 418 g/mol. The maximum absolute atomic E-state index is 12.7. The number of aryl methyl sites for hydroxylation is 1. The lowest BCUT2D eigenvalue weighted by Gasteiger charge is -2.17. The third-order valence-corrected chi connectivity index (χ3v) is 6.27. The number of rotatable bonds is 7. The topological polar surface area (TPSA) is 113 Å². The number of sulfonamides is 1. The van der Waals surface area contributed by atoms with E-state index in [1.165, 1.54) is 38.2 Å². The van der Waals surface area contributed by atoms with Crippen molar-refractivity contribution in [3.8, 4) is 5.69 Å². The summed E-state index contributed by atoms with van der Waals surface area (Å²) in [6, 6.07) is 14.7. The lowest BCUT2D eigenvalue weighted by molar-refractivity contribution is -0.116. The fourth-order valence-corrected chi connectivity index (χ4v) is 4.06. The van der Waals surface area contributed by atoms with Gasteiger partial charge < -0.3 is 10.6 Å². The van der Waals surface area contributed by atoms with E-state index in [9.17, 15) is 18.0 Å². The van der Waals surface area contributed by atoms with Gasteiger partial charge in [-0.15, -0.1) is 0 Å². The molecule has 0 saturated carbocycles. The summed E-state index contributed by atoms with van der Waals surface area (Å²) in [6.07, 6.45) is 1.68. The van der Waals surface area contributed by atoms with Crippen LogP contribution in [0.4, 0.5) is 11.4 Å². The highest BCUT2D eigenvalue weighted by molar-refractivity contribution is 7.89. The van der Waals surface area contributed by atoms with Crippen LogP contribution in [0.15, 0.2) is 65.7 Å². The van der Waals surface area contributed by atoms with Crippen LogP contribution in [-0.4, -0.2) is 47.9 Å². The van der Waals surface area contributed by atoms with E-state index in [1.807, 2.05) is 19.1 Å². The Hall–Kier alpha value is -3.50. The molecular formula is C21H23N5O4S. The van der Waals surface area contributed by atoms with Gasteiger partial charge in [0.25, 0.3) is 0 Å². The van der Waals surface area contributed by atoms with E-state index in [4.69, 9.17) is 0 Å². The summed E-state index contributed by atoms with van der Waals surface area (Å²) in [4.78, 5) is 23.6. The third-order valence-electron chi connectivity index (χ3n) is 4.46. The van der Waals surface area contributed by atoms with E-state index in [0.717, 1.165) is 15.7 Å². The monoisotopic (exact) mass is 441 g/mol. The molecule has 0 fully saturated rings. The van der Waals surface area contributed by atoms with Crippen LogP contribution in [0, 0.1) is 6.92 Å². The highest BCUT2D eigenvalue weighted by Crippen LogP contribution is 2.19. The van der Waals surface area contributed by atoms with Crippen LogP contribution in [0.5, 0.6) is 0 Å². The molecule has 1 aromatic heterocycles. The smallest absolute Gasteiger partial charge is 0.243 e. The minimum absolute atomic E-state index is 0.0213. The molecule has 162 valence electrons. The molecule has 0 saturated heterocycles. The van der Waals surface area contributed by atoms with Gasteiger partial charge in [0.2, 0.25) is 21.8 Å². The van der Waals surface area contributed by atoms with E-state index in [0.29, 0.717) is 11.4 Å². The Labute approximate surface area is 180 Å². The van der Waals surface area contributed by atoms with Crippen LogP contribution in [-0.2, 0) is 19.6 Å². The second kappa shape index (κ2) is 9.11. The third kappa shape index (κ3) is 5.36. The quantitative estimate of drug-likeness (QED) is 0.585. The number of aromatic nitrogens is 2. The van der Waals surface area contributed by atoms with Gasteiger partial charge in [0, 0.05) is 37.2 Å². The second-order valence-electron chi connectivity index (χ2n) is 6.95. The van der Waals surface area contributed by atoms with E-state index in [-0.39, 0.29) is 17.3 Å². The molecule has 2 aromatic carbocycles. The molecule has 31 heavy (non-hydrogen) atoms. The molecule has 9 nitrogen and oxygen atoms in total. The highest BCUT2D eigenvalue weighted by Gasteiger charge is 2.23. The van der Waals surface area contributed by atoms with Gasteiger partial charge in [-0.1, -0.05) is 6.07 Å². The van der Waals surface area contributed by atoms with Gasteiger partial charge >= 0.3 is 0 Å². The Morgan fingerprint density at radius 3 is 2.35 bits per heavy atom. The van der Waals surface area contributed by atoms with Crippen molar-refractivity contribution in [2.24, 2.45) is 0 Å². The normalized spacial score (nSPS) is 11.4. The summed E-state index contributed by atoms with van der Waals surface area (Å²) in [5.41, 5.74) is 2.74. The van der Waals surface area contributed by atoms with Crippen LogP contribution < -0.4 is 10.6 Å². The molecule has 2 amide bonds. The van der Waals surface area contributed by atoms with Gasteiger partial charge in [0.1, 0.15) is 0 Å². The molecule has 0 aliphatic rings. The van der Waals surface area contributed by atoms with E-state index < -0.39 is 15.9 Å². The van der Waals surface area contributed by atoms with Crippen LogP contribution in [0.25, 0.3) is 5.69 Å². The standard InChI is InChI=1S/C21H23N5O4S/c1-15-11-12-22-26(15)19-6-4-5-18(13-19)24-21(28)14-25(3)31(29,30)20-9-7-17(8-10-20)23-16(2)27/h4-13H,14H2,1-3H3,(H,23,27)(H,24,28). The molecule has 3 aromatic rings. The Morgan fingerprint density at radius 2 is 1.74 bits per heavy atom. The fourth-order valence-electron chi connectivity index (χ4n) is 2.94. The lowest BCUT2D eigenvalue weighted by atomic mass is 10.2. The highest BCUT2D eigenvalue weighted by atomic mass is 32.2. The number of carbonyl (C=O) groups is 2. The minimum atomic E-state index is -3.88. The number of nitrogens with one attached hydrogen (secondary N) is 2. The van der Waals surface area contributed by atoms with Gasteiger partial charge in [-0.2, -0.15) is 9.40 Å². The summed E-state index contributed by atoms with van der Waals surface area (Å²) in [6.45, 7) is 2.92. The number of hydrogen-bond donors (Lipinski definition) is 2. The maximum Gasteiger partial charge on any atom is 0.243 e. The van der Waals surface area contributed by atoms with Crippen molar-refractivity contribution in [2.75, 3.05) is 24.2 Å². The Kier molecular flexibility index (Phi) is 6.52. The van der Waals surface area contributed by atoms with Crippen molar-refractivity contribution in [3.63, 3.8) is 0 Å². The van der Waals surface area contributed by atoms with Gasteiger partial charge in [0.05, 0.1) is 17.1 Å². The number of anilines is 2. The predicted molar refractivity (Wildman–Crippen MR) is 117 cm³/mol. The lowest BCUT2D eigenvalue weighted by Crippen LogP contribution is -2.35. The Morgan fingerprint density at radius 1 is 1.03 bits per heavy atom. The minimum Gasteiger partial charge on any atom is -0.326 e. The molecule has 0 bridgehead atoms. The van der Waals surface area contributed by atoms with Gasteiger partial charge in [-0.05, 0) is 55.5 Å². The maximum atomic E-state index is 12.7. The summed E-state index contributed by atoms with van der Waals surface area (Å²) in [5.74, 6) is -0.730. The molecule has 10 heteroatoms.